The minimum Gasteiger partial charge on any atom is -0.357 e. The molecule has 0 aliphatic heterocycles. The number of hydrogen-bond donors (Lipinski definition) is 2. The van der Waals surface area contributed by atoms with Crippen LogP contribution in [0.3, 0.4) is 0 Å². The number of sulfonamides is 1. The molecular weight excluding hydrogens is 527 g/mol. The zero-order valence-corrected chi connectivity index (χ0v) is 19.7. The number of benzene rings is 1. The SMILES string of the molecule is CCNC(=NCc1ccc(F)cc1C(F)(F)F)NCCCN(C)S(=O)(=O)CC.I. The second-order valence-electron chi connectivity index (χ2n) is 6.00. The Labute approximate surface area is 186 Å². The van der Waals surface area contributed by atoms with Crippen LogP contribution in [0.15, 0.2) is 23.2 Å². The molecule has 0 saturated carbocycles. The van der Waals surface area contributed by atoms with E-state index in [1.165, 1.54) is 11.4 Å². The summed E-state index contributed by atoms with van der Waals surface area (Å²) in [5, 5.41) is 5.85. The molecule has 1 rings (SSSR count). The van der Waals surface area contributed by atoms with Gasteiger partial charge >= 0.3 is 6.18 Å². The molecule has 0 heterocycles. The summed E-state index contributed by atoms with van der Waals surface area (Å²) >= 11 is 0. The van der Waals surface area contributed by atoms with Crippen LogP contribution in [-0.2, 0) is 22.7 Å². The largest absolute Gasteiger partial charge is 0.416 e. The highest BCUT2D eigenvalue weighted by Gasteiger charge is 2.33. The molecule has 0 fully saturated rings. The first-order valence-corrected chi connectivity index (χ1v) is 10.4. The Kier molecular flexibility index (Phi) is 12.0. The van der Waals surface area contributed by atoms with Gasteiger partial charge in [-0.3, -0.25) is 0 Å². The normalized spacial score (nSPS) is 12.6. The maximum Gasteiger partial charge on any atom is 0.416 e. The molecule has 12 heteroatoms. The van der Waals surface area contributed by atoms with Crippen LogP contribution in [0.4, 0.5) is 17.6 Å². The average molecular weight is 554 g/mol. The molecule has 0 radical (unpaired) electrons. The summed E-state index contributed by atoms with van der Waals surface area (Å²) in [6.45, 7) is 4.26. The minimum atomic E-state index is -4.67. The third-order valence-electron chi connectivity index (χ3n) is 3.91. The highest BCUT2D eigenvalue weighted by molar-refractivity contribution is 14.0. The molecule has 0 atom stereocenters. The van der Waals surface area contributed by atoms with Gasteiger partial charge in [0.05, 0.1) is 17.9 Å². The Morgan fingerprint density at radius 2 is 1.86 bits per heavy atom. The lowest BCUT2D eigenvalue weighted by molar-refractivity contribution is -0.138. The van der Waals surface area contributed by atoms with Crippen LogP contribution >= 0.6 is 24.0 Å². The van der Waals surface area contributed by atoms with Gasteiger partial charge in [0.2, 0.25) is 10.0 Å². The van der Waals surface area contributed by atoms with E-state index in [9.17, 15) is 26.0 Å². The first-order chi connectivity index (χ1) is 13.0. The lowest BCUT2D eigenvalue weighted by Crippen LogP contribution is -2.39. The molecule has 0 bridgehead atoms. The van der Waals surface area contributed by atoms with Crippen molar-refractivity contribution in [3.8, 4) is 0 Å². The Morgan fingerprint density at radius 1 is 1.21 bits per heavy atom. The molecule has 0 spiro atoms. The number of nitrogens with zero attached hydrogens (tertiary/aromatic N) is 2. The van der Waals surface area contributed by atoms with Crippen molar-refractivity contribution in [3.63, 3.8) is 0 Å². The summed E-state index contributed by atoms with van der Waals surface area (Å²) < 4.78 is 76.9. The third kappa shape index (κ3) is 9.47. The van der Waals surface area contributed by atoms with Crippen LogP contribution < -0.4 is 10.6 Å². The molecule has 0 unspecified atom stereocenters. The van der Waals surface area contributed by atoms with Crippen molar-refractivity contribution in [2.24, 2.45) is 4.99 Å². The Bertz CT molecular complexity index is 773. The van der Waals surface area contributed by atoms with E-state index in [2.05, 4.69) is 15.6 Å². The van der Waals surface area contributed by atoms with Crippen LogP contribution in [0.25, 0.3) is 0 Å². The number of aliphatic imine (C=N–C) groups is 1. The van der Waals surface area contributed by atoms with Crippen molar-refractivity contribution in [3.05, 3.63) is 35.1 Å². The molecule has 1 aromatic carbocycles. The molecule has 0 aliphatic carbocycles. The van der Waals surface area contributed by atoms with Gasteiger partial charge in [-0.05, 0) is 38.0 Å². The van der Waals surface area contributed by atoms with Gasteiger partial charge < -0.3 is 10.6 Å². The minimum absolute atomic E-state index is 0. The van der Waals surface area contributed by atoms with Crippen molar-refractivity contribution < 1.29 is 26.0 Å². The second-order valence-corrected chi connectivity index (χ2v) is 8.36. The number of hydrogen-bond acceptors (Lipinski definition) is 3. The van der Waals surface area contributed by atoms with Gasteiger partial charge in [-0.2, -0.15) is 13.2 Å². The van der Waals surface area contributed by atoms with Crippen molar-refractivity contribution in [1.29, 1.82) is 0 Å². The van der Waals surface area contributed by atoms with E-state index in [4.69, 9.17) is 0 Å². The quantitative estimate of drug-likeness (QED) is 0.162. The van der Waals surface area contributed by atoms with E-state index in [0.717, 1.165) is 12.1 Å². The van der Waals surface area contributed by atoms with E-state index in [-0.39, 0.29) is 41.8 Å². The fourth-order valence-corrected chi connectivity index (χ4v) is 3.17. The smallest absolute Gasteiger partial charge is 0.357 e. The van der Waals surface area contributed by atoms with Crippen molar-refractivity contribution in [1.82, 2.24) is 14.9 Å². The van der Waals surface area contributed by atoms with Gasteiger partial charge in [0.15, 0.2) is 5.96 Å². The number of alkyl halides is 3. The van der Waals surface area contributed by atoms with Crippen LogP contribution in [0, 0.1) is 5.82 Å². The van der Waals surface area contributed by atoms with Gasteiger partial charge in [0.1, 0.15) is 5.82 Å². The predicted octanol–water partition coefficient (Wildman–Crippen LogP) is 3.19. The highest BCUT2D eigenvalue weighted by atomic mass is 127. The molecule has 6 nitrogen and oxygen atoms in total. The molecule has 168 valence electrons. The lowest BCUT2D eigenvalue weighted by Gasteiger charge is -2.17. The molecule has 0 aromatic heterocycles. The summed E-state index contributed by atoms with van der Waals surface area (Å²) in [6, 6.07) is 2.48. The van der Waals surface area contributed by atoms with Crippen molar-refractivity contribution in [2.75, 3.05) is 32.4 Å². The lowest BCUT2D eigenvalue weighted by atomic mass is 10.1. The van der Waals surface area contributed by atoms with E-state index in [1.807, 2.05) is 0 Å². The third-order valence-corrected chi connectivity index (χ3v) is 5.77. The topological polar surface area (TPSA) is 73.8 Å². The summed E-state index contributed by atoms with van der Waals surface area (Å²) in [7, 11) is -1.76. The summed E-state index contributed by atoms with van der Waals surface area (Å²) in [5.41, 5.74) is -1.20. The van der Waals surface area contributed by atoms with Gasteiger partial charge in [-0.1, -0.05) is 6.07 Å². The summed E-state index contributed by atoms with van der Waals surface area (Å²) in [6.07, 6.45) is -4.18. The van der Waals surface area contributed by atoms with E-state index < -0.39 is 27.6 Å². The molecule has 0 saturated heterocycles. The van der Waals surface area contributed by atoms with E-state index >= 15 is 0 Å². The standard InChI is InChI=1S/C17H26F4N4O2S.HI/c1-4-22-16(23-9-6-10-25(3)28(26,27)5-2)24-12-13-7-8-14(18)11-15(13)17(19,20)21;/h7-8,11H,4-6,9-10,12H2,1-3H3,(H2,22,23,24);1H. The number of halogens is 5. The maximum absolute atomic E-state index is 13.2. The molecule has 2 N–H and O–H groups in total. The van der Waals surface area contributed by atoms with Crippen LogP contribution in [0.2, 0.25) is 0 Å². The molecule has 1 aromatic rings. The monoisotopic (exact) mass is 554 g/mol. The number of nitrogens with one attached hydrogen (secondary N) is 2. The van der Waals surface area contributed by atoms with Crippen LogP contribution in [-0.4, -0.2) is 51.1 Å². The zero-order chi connectivity index (χ0) is 21.4. The fourth-order valence-electron chi connectivity index (χ4n) is 2.32. The Balaban J connectivity index is 0.00000784. The van der Waals surface area contributed by atoms with Crippen molar-refractivity contribution in [2.45, 2.75) is 33.0 Å². The molecule has 0 amide bonds. The maximum atomic E-state index is 13.2. The Morgan fingerprint density at radius 3 is 2.41 bits per heavy atom. The van der Waals surface area contributed by atoms with Gasteiger partial charge in [-0.15, -0.1) is 24.0 Å². The summed E-state index contributed by atoms with van der Waals surface area (Å²) in [5.74, 6) is -0.655. The highest BCUT2D eigenvalue weighted by Crippen LogP contribution is 2.32. The summed E-state index contributed by atoms with van der Waals surface area (Å²) in [4.78, 5) is 4.11. The van der Waals surface area contributed by atoms with E-state index in [0.29, 0.717) is 38.1 Å². The van der Waals surface area contributed by atoms with Crippen LogP contribution in [0.5, 0.6) is 0 Å². The zero-order valence-electron chi connectivity index (χ0n) is 16.5. The second kappa shape index (κ2) is 12.5. The van der Waals surface area contributed by atoms with E-state index in [1.54, 1.807) is 13.8 Å². The van der Waals surface area contributed by atoms with Gasteiger partial charge in [-0.25, -0.2) is 22.1 Å². The van der Waals surface area contributed by atoms with Crippen molar-refractivity contribution >= 4 is 40.0 Å². The fraction of sp³-hybridized carbons (Fsp3) is 0.588. The predicted molar refractivity (Wildman–Crippen MR) is 116 cm³/mol. The molecule has 29 heavy (non-hydrogen) atoms. The van der Waals surface area contributed by atoms with Gasteiger partial charge in [0, 0.05) is 26.7 Å². The number of guanidine groups is 1. The molecular formula is C17H27F4IN4O2S. The first-order valence-electron chi connectivity index (χ1n) is 8.83. The van der Waals surface area contributed by atoms with Crippen LogP contribution in [0.1, 0.15) is 31.4 Å². The first kappa shape index (κ1) is 27.8. The molecule has 0 aliphatic rings. The average Bonchev–Trinajstić information content (AvgIpc) is 2.62. The number of rotatable bonds is 9. The van der Waals surface area contributed by atoms with Gasteiger partial charge in [0.25, 0.3) is 0 Å². The Hall–Kier alpha value is -1.15.